The summed E-state index contributed by atoms with van der Waals surface area (Å²) in [5.41, 5.74) is 1.38. The van der Waals surface area contributed by atoms with E-state index in [0.717, 1.165) is 5.56 Å². The summed E-state index contributed by atoms with van der Waals surface area (Å²) >= 11 is 7.25. The van der Waals surface area contributed by atoms with Crippen molar-refractivity contribution in [3.63, 3.8) is 0 Å². The smallest absolute Gasteiger partial charge is 0.191 e. The number of benzene rings is 2. The van der Waals surface area contributed by atoms with Crippen LogP contribution in [-0.4, -0.2) is 40.5 Å². The average molecular weight is 404 g/mol. The number of thioether (sulfide) groups is 1. The van der Waals surface area contributed by atoms with E-state index in [1.165, 1.54) is 18.9 Å². The van der Waals surface area contributed by atoms with Gasteiger partial charge in [-0.1, -0.05) is 23.4 Å². The second-order valence-electron chi connectivity index (χ2n) is 5.65. The molecule has 1 heterocycles. The van der Waals surface area contributed by atoms with Crippen molar-refractivity contribution in [1.82, 2.24) is 14.8 Å². The van der Waals surface area contributed by atoms with Gasteiger partial charge in [-0.25, -0.2) is 0 Å². The zero-order valence-corrected chi connectivity index (χ0v) is 16.7. The topological polar surface area (TPSA) is 66.2 Å². The summed E-state index contributed by atoms with van der Waals surface area (Å²) in [5, 5.41) is 9.72. The van der Waals surface area contributed by atoms with E-state index in [9.17, 15) is 4.79 Å². The highest BCUT2D eigenvalue weighted by atomic mass is 35.5. The summed E-state index contributed by atoms with van der Waals surface area (Å²) < 4.78 is 12.3. The Morgan fingerprint density at radius 2 is 1.85 bits per heavy atom. The summed E-state index contributed by atoms with van der Waals surface area (Å²) in [6.45, 7) is 0. The minimum atomic E-state index is -0.0770. The number of carbonyl (C=O) groups excluding carboxylic acids is 1. The van der Waals surface area contributed by atoms with E-state index in [1.807, 2.05) is 23.7 Å². The maximum absolute atomic E-state index is 12.7. The molecule has 0 saturated carbocycles. The van der Waals surface area contributed by atoms with Gasteiger partial charge in [0, 0.05) is 17.6 Å². The van der Waals surface area contributed by atoms with Crippen molar-refractivity contribution >= 4 is 29.1 Å². The molecule has 0 bridgehead atoms. The average Bonchev–Trinajstić information content (AvgIpc) is 3.06. The molecule has 0 spiro atoms. The third kappa shape index (κ3) is 4.26. The Hall–Kier alpha value is -2.51. The first-order valence-corrected chi connectivity index (χ1v) is 9.43. The third-order valence-corrected chi connectivity index (χ3v) is 5.25. The molecule has 0 saturated heterocycles. The molecule has 8 heteroatoms. The van der Waals surface area contributed by atoms with Crippen LogP contribution in [-0.2, 0) is 7.05 Å². The molecule has 3 rings (SSSR count). The highest BCUT2D eigenvalue weighted by Gasteiger charge is 2.17. The number of ether oxygens (including phenoxy) is 2. The van der Waals surface area contributed by atoms with Crippen molar-refractivity contribution in [1.29, 1.82) is 0 Å². The highest BCUT2D eigenvalue weighted by molar-refractivity contribution is 7.99. The van der Waals surface area contributed by atoms with Crippen LogP contribution in [0.2, 0.25) is 5.02 Å². The molecule has 0 unspecified atom stereocenters. The first-order chi connectivity index (χ1) is 13.0. The van der Waals surface area contributed by atoms with E-state index in [1.54, 1.807) is 37.4 Å². The Morgan fingerprint density at radius 1 is 1.11 bits per heavy atom. The number of hydrogen-bond donors (Lipinski definition) is 0. The highest BCUT2D eigenvalue weighted by Crippen LogP contribution is 2.28. The maximum Gasteiger partial charge on any atom is 0.191 e. The van der Waals surface area contributed by atoms with Gasteiger partial charge in [-0.3, -0.25) is 4.79 Å². The minimum Gasteiger partial charge on any atom is -0.497 e. The predicted octanol–water partition coefficient (Wildman–Crippen LogP) is 4.13. The maximum atomic E-state index is 12.7. The lowest BCUT2D eigenvalue weighted by Crippen LogP contribution is -2.06. The number of halogens is 1. The van der Waals surface area contributed by atoms with Gasteiger partial charge in [0.25, 0.3) is 0 Å². The van der Waals surface area contributed by atoms with E-state index >= 15 is 0 Å². The van der Waals surface area contributed by atoms with Gasteiger partial charge in [-0.15, -0.1) is 10.2 Å². The van der Waals surface area contributed by atoms with Gasteiger partial charge < -0.3 is 14.0 Å². The lowest BCUT2D eigenvalue weighted by molar-refractivity contribution is 0.101. The van der Waals surface area contributed by atoms with Gasteiger partial charge >= 0.3 is 0 Å². The zero-order valence-electron chi connectivity index (χ0n) is 15.1. The monoisotopic (exact) mass is 403 g/mol. The van der Waals surface area contributed by atoms with Crippen LogP contribution in [0.25, 0.3) is 11.4 Å². The van der Waals surface area contributed by atoms with Crippen LogP contribution >= 0.6 is 23.4 Å². The number of nitrogens with zero attached hydrogens (tertiary/aromatic N) is 3. The van der Waals surface area contributed by atoms with E-state index in [4.69, 9.17) is 21.1 Å². The summed E-state index contributed by atoms with van der Waals surface area (Å²) in [6, 6.07) is 12.5. The van der Waals surface area contributed by atoms with Crippen LogP contribution in [0.1, 0.15) is 10.4 Å². The largest absolute Gasteiger partial charge is 0.497 e. The number of methoxy groups -OCH3 is 2. The van der Waals surface area contributed by atoms with Crippen LogP contribution in [0.4, 0.5) is 0 Å². The lowest BCUT2D eigenvalue weighted by Gasteiger charge is -2.09. The number of Topliss-reactive ketones (excluding diaryl/α,β-unsaturated/α-hetero) is 1. The lowest BCUT2D eigenvalue weighted by atomic mass is 10.1. The van der Waals surface area contributed by atoms with Gasteiger partial charge in [-0.05, 0) is 42.5 Å². The molecule has 0 aliphatic rings. The van der Waals surface area contributed by atoms with E-state index in [0.29, 0.717) is 33.1 Å². The molecule has 0 fully saturated rings. The number of aromatic nitrogens is 3. The molecule has 0 N–H and O–H groups in total. The summed E-state index contributed by atoms with van der Waals surface area (Å²) in [6.07, 6.45) is 0. The molecule has 140 valence electrons. The van der Waals surface area contributed by atoms with E-state index < -0.39 is 0 Å². The second-order valence-corrected chi connectivity index (χ2v) is 7.03. The zero-order chi connectivity index (χ0) is 19.4. The van der Waals surface area contributed by atoms with Crippen LogP contribution in [0.3, 0.4) is 0 Å². The standard InChI is InChI=1S/C19H18ClN3O3S/c1-23-18(12-4-6-13(20)7-5-12)21-22-19(23)27-11-16(24)15-10-14(25-2)8-9-17(15)26-3/h4-10H,11H2,1-3H3. The molecule has 0 radical (unpaired) electrons. The summed E-state index contributed by atoms with van der Waals surface area (Å²) in [7, 11) is 4.96. The number of hydrogen-bond acceptors (Lipinski definition) is 6. The fourth-order valence-corrected chi connectivity index (χ4v) is 3.45. The number of ketones is 1. The van der Waals surface area contributed by atoms with Crippen LogP contribution < -0.4 is 9.47 Å². The fourth-order valence-electron chi connectivity index (χ4n) is 2.53. The number of carbonyl (C=O) groups is 1. The van der Waals surface area contributed by atoms with Gasteiger partial charge in [0.2, 0.25) is 0 Å². The van der Waals surface area contributed by atoms with E-state index in [2.05, 4.69) is 10.2 Å². The van der Waals surface area contributed by atoms with Gasteiger partial charge in [0.05, 0.1) is 25.5 Å². The molecule has 0 atom stereocenters. The molecular weight excluding hydrogens is 386 g/mol. The third-order valence-electron chi connectivity index (χ3n) is 3.98. The Balaban J connectivity index is 1.76. The SMILES string of the molecule is COc1ccc(OC)c(C(=O)CSc2nnc(-c3ccc(Cl)cc3)n2C)c1. The first kappa shape index (κ1) is 19.3. The van der Waals surface area contributed by atoms with Gasteiger partial charge in [0.15, 0.2) is 16.8 Å². The van der Waals surface area contributed by atoms with Gasteiger partial charge in [0.1, 0.15) is 11.5 Å². The minimum absolute atomic E-state index is 0.0770. The van der Waals surface area contributed by atoms with Crippen molar-refractivity contribution < 1.29 is 14.3 Å². The Kier molecular flexibility index (Phi) is 6.03. The quantitative estimate of drug-likeness (QED) is 0.436. The Labute approximate surface area is 166 Å². The number of rotatable bonds is 7. The molecule has 27 heavy (non-hydrogen) atoms. The summed E-state index contributed by atoms with van der Waals surface area (Å²) in [5.74, 6) is 1.96. The second kappa shape index (κ2) is 8.45. The Bertz CT molecular complexity index is 957. The predicted molar refractivity (Wildman–Crippen MR) is 106 cm³/mol. The van der Waals surface area contributed by atoms with Crippen LogP contribution in [0.5, 0.6) is 11.5 Å². The van der Waals surface area contributed by atoms with Crippen LogP contribution in [0.15, 0.2) is 47.6 Å². The van der Waals surface area contributed by atoms with Crippen molar-refractivity contribution in [2.45, 2.75) is 5.16 Å². The molecule has 6 nitrogen and oxygen atoms in total. The van der Waals surface area contributed by atoms with Crippen molar-refractivity contribution in [3.05, 3.63) is 53.1 Å². The molecule has 1 aromatic heterocycles. The van der Waals surface area contributed by atoms with E-state index in [-0.39, 0.29) is 11.5 Å². The van der Waals surface area contributed by atoms with Crippen molar-refractivity contribution in [2.24, 2.45) is 7.05 Å². The van der Waals surface area contributed by atoms with Crippen molar-refractivity contribution in [2.75, 3.05) is 20.0 Å². The van der Waals surface area contributed by atoms with Gasteiger partial charge in [-0.2, -0.15) is 0 Å². The normalized spacial score (nSPS) is 10.7. The molecular formula is C19H18ClN3O3S. The Morgan fingerprint density at radius 3 is 2.52 bits per heavy atom. The molecule has 0 aliphatic carbocycles. The van der Waals surface area contributed by atoms with Crippen LogP contribution in [0, 0.1) is 0 Å². The molecule has 3 aromatic rings. The van der Waals surface area contributed by atoms with Crippen molar-refractivity contribution in [3.8, 4) is 22.9 Å². The summed E-state index contributed by atoms with van der Waals surface area (Å²) in [4.78, 5) is 12.7. The molecule has 2 aromatic carbocycles. The first-order valence-electron chi connectivity index (χ1n) is 8.07. The molecule has 0 aliphatic heterocycles. The fraction of sp³-hybridized carbons (Fsp3) is 0.211. The molecule has 0 amide bonds.